The molecular weight excluding hydrogens is 326 g/mol. The van der Waals surface area contributed by atoms with Gasteiger partial charge in [-0.25, -0.2) is 8.42 Å². The van der Waals surface area contributed by atoms with Crippen molar-refractivity contribution in [2.75, 3.05) is 4.72 Å². The second kappa shape index (κ2) is 5.27. The number of primary amides is 1. The Bertz CT molecular complexity index is 825. The van der Waals surface area contributed by atoms with E-state index < -0.39 is 21.5 Å². The van der Waals surface area contributed by atoms with Crippen molar-refractivity contribution in [3.63, 3.8) is 0 Å². The minimum Gasteiger partial charge on any atom is -0.366 e. The Morgan fingerprint density at radius 2 is 2.15 bits per heavy atom. The number of carbonyl (C=O) groups excluding carboxylic acids is 1. The summed E-state index contributed by atoms with van der Waals surface area (Å²) in [6, 6.07) is 2.42. The lowest BCUT2D eigenvalue weighted by Gasteiger charge is -2.07. The number of aromatic amines is 1. The largest absolute Gasteiger partial charge is 0.366 e. The van der Waals surface area contributed by atoms with Crippen LogP contribution in [-0.2, 0) is 10.0 Å². The van der Waals surface area contributed by atoms with Crippen molar-refractivity contribution < 1.29 is 13.2 Å². The Kier molecular flexibility index (Phi) is 3.84. The number of thiophene rings is 1. The molecule has 2 heterocycles. The van der Waals surface area contributed by atoms with E-state index in [1.165, 1.54) is 11.4 Å². The minimum absolute atomic E-state index is 0.0640. The number of nitrogens with two attached hydrogens (primary N) is 1. The van der Waals surface area contributed by atoms with Crippen molar-refractivity contribution in [1.29, 1.82) is 0 Å². The topological polar surface area (TPSA) is 122 Å². The highest BCUT2D eigenvalue weighted by molar-refractivity contribution is 7.93. The van der Waals surface area contributed by atoms with Gasteiger partial charge in [0.05, 0.1) is 5.56 Å². The zero-order valence-electron chi connectivity index (χ0n) is 9.71. The predicted molar refractivity (Wildman–Crippen MR) is 75.7 cm³/mol. The summed E-state index contributed by atoms with van der Waals surface area (Å²) in [5, 5.41) is 1.37. The maximum absolute atomic E-state index is 12.1. The molecule has 0 spiro atoms. The second-order valence-electron chi connectivity index (χ2n) is 3.65. The van der Waals surface area contributed by atoms with Crippen LogP contribution in [-0.4, -0.2) is 19.3 Å². The summed E-state index contributed by atoms with van der Waals surface area (Å²) >= 11 is 6.59. The average Bonchev–Trinajstić information content (AvgIpc) is 2.80. The SMILES string of the molecule is NC(=O)c1ccsc1NS(=O)(=O)c1c[nH]c(=O)c(Cl)c1. The van der Waals surface area contributed by atoms with Crippen LogP contribution in [0.25, 0.3) is 0 Å². The zero-order chi connectivity index (χ0) is 14.9. The van der Waals surface area contributed by atoms with Gasteiger partial charge in [-0.2, -0.15) is 0 Å². The molecule has 2 rings (SSSR count). The molecule has 106 valence electrons. The molecule has 0 aromatic carbocycles. The molecule has 0 atom stereocenters. The fraction of sp³-hybridized carbons (Fsp3) is 0. The molecule has 10 heteroatoms. The Hall–Kier alpha value is -1.84. The van der Waals surface area contributed by atoms with Gasteiger partial charge in [0.1, 0.15) is 14.9 Å². The lowest BCUT2D eigenvalue weighted by Crippen LogP contribution is -2.18. The lowest BCUT2D eigenvalue weighted by atomic mass is 10.3. The molecule has 0 aliphatic carbocycles. The first-order valence-corrected chi connectivity index (χ1v) is 7.83. The number of sulfonamides is 1. The molecule has 1 amide bonds. The van der Waals surface area contributed by atoms with Crippen molar-refractivity contribution in [2.24, 2.45) is 5.73 Å². The van der Waals surface area contributed by atoms with Gasteiger partial charge in [-0.15, -0.1) is 11.3 Å². The maximum Gasteiger partial charge on any atom is 0.266 e. The molecular formula is C10H8ClN3O4S2. The van der Waals surface area contributed by atoms with Crippen LogP contribution in [0.1, 0.15) is 10.4 Å². The van der Waals surface area contributed by atoms with E-state index in [4.69, 9.17) is 17.3 Å². The van der Waals surface area contributed by atoms with Gasteiger partial charge in [0.2, 0.25) is 0 Å². The molecule has 0 saturated heterocycles. The van der Waals surface area contributed by atoms with E-state index in [-0.39, 0.29) is 20.5 Å². The highest BCUT2D eigenvalue weighted by atomic mass is 35.5. The Balaban J connectivity index is 2.40. The van der Waals surface area contributed by atoms with E-state index in [0.717, 1.165) is 23.6 Å². The fourth-order valence-corrected chi connectivity index (χ4v) is 3.71. The summed E-state index contributed by atoms with van der Waals surface area (Å²) < 4.78 is 26.4. The maximum atomic E-state index is 12.1. The van der Waals surface area contributed by atoms with E-state index in [9.17, 15) is 18.0 Å². The molecule has 7 nitrogen and oxygen atoms in total. The normalized spacial score (nSPS) is 11.2. The summed E-state index contributed by atoms with van der Waals surface area (Å²) in [6.07, 6.45) is 1.01. The molecule has 0 aliphatic heterocycles. The molecule has 0 aliphatic rings. The molecule has 4 N–H and O–H groups in total. The zero-order valence-corrected chi connectivity index (χ0v) is 12.1. The average molecular weight is 334 g/mol. The quantitative estimate of drug-likeness (QED) is 0.772. The first kappa shape index (κ1) is 14.6. The lowest BCUT2D eigenvalue weighted by molar-refractivity contribution is 0.100. The fourth-order valence-electron chi connectivity index (χ4n) is 1.36. The van der Waals surface area contributed by atoms with Crippen LogP contribution < -0.4 is 16.0 Å². The number of hydrogen-bond donors (Lipinski definition) is 3. The van der Waals surface area contributed by atoms with Gasteiger partial charge in [-0.05, 0) is 17.5 Å². The van der Waals surface area contributed by atoms with Gasteiger partial charge in [-0.3, -0.25) is 14.3 Å². The first-order valence-electron chi connectivity index (χ1n) is 5.09. The summed E-state index contributed by atoms with van der Waals surface area (Å²) in [5.41, 5.74) is 4.59. The number of aromatic nitrogens is 1. The van der Waals surface area contributed by atoms with Crippen LogP contribution in [0.4, 0.5) is 5.00 Å². The second-order valence-corrected chi connectivity index (χ2v) is 6.65. The van der Waals surface area contributed by atoms with Crippen molar-refractivity contribution in [1.82, 2.24) is 4.98 Å². The highest BCUT2D eigenvalue weighted by Gasteiger charge is 2.19. The Labute approximate surface area is 122 Å². The number of carbonyl (C=O) groups is 1. The molecule has 20 heavy (non-hydrogen) atoms. The first-order chi connectivity index (χ1) is 9.31. The number of rotatable bonds is 4. The van der Waals surface area contributed by atoms with Crippen LogP contribution in [0.5, 0.6) is 0 Å². The van der Waals surface area contributed by atoms with Gasteiger partial charge in [-0.1, -0.05) is 11.6 Å². The summed E-state index contributed by atoms with van der Waals surface area (Å²) in [4.78, 5) is 24.2. The van der Waals surface area contributed by atoms with E-state index >= 15 is 0 Å². The third-order valence-electron chi connectivity index (χ3n) is 2.30. The van der Waals surface area contributed by atoms with Crippen LogP contribution in [0, 0.1) is 0 Å². The van der Waals surface area contributed by atoms with Crippen LogP contribution in [0.15, 0.2) is 33.4 Å². The van der Waals surface area contributed by atoms with E-state index in [1.54, 1.807) is 0 Å². The molecule has 2 aromatic heterocycles. The standard InChI is InChI=1S/C10H8ClN3O4S2/c11-7-3-5(4-13-9(7)16)20(17,18)14-10-6(8(12)15)1-2-19-10/h1-4,14H,(H2,12,15)(H,13,16). The molecule has 0 saturated carbocycles. The number of hydrogen-bond acceptors (Lipinski definition) is 5. The van der Waals surface area contributed by atoms with Gasteiger partial charge in [0.25, 0.3) is 21.5 Å². The minimum atomic E-state index is -3.98. The van der Waals surface area contributed by atoms with Crippen molar-refractivity contribution in [2.45, 2.75) is 4.90 Å². The smallest absolute Gasteiger partial charge is 0.266 e. The third kappa shape index (κ3) is 2.84. The van der Waals surface area contributed by atoms with E-state index in [2.05, 4.69) is 9.71 Å². The molecule has 0 radical (unpaired) electrons. The highest BCUT2D eigenvalue weighted by Crippen LogP contribution is 2.25. The molecule has 0 unspecified atom stereocenters. The number of nitrogens with one attached hydrogen (secondary N) is 2. The Morgan fingerprint density at radius 3 is 2.75 bits per heavy atom. The number of pyridine rings is 1. The van der Waals surface area contributed by atoms with Crippen molar-refractivity contribution in [3.05, 3.63) is 44.6 Å². The van der Waals surface area contributed by atoms with Crippen LogP contribution in [0.2, 0.25) is 5.02 Å². The Morgan fingerprint density at radius 1 is 1.45 bits per heavy atom. The van der Waals surface area contributed by atoms with E-state index in [0.29, 0.717) is 0 Å². The van der Waals surface area contributed by atoms with Gasteiger partial charge in [0.15, 0.2) is 0 Å². The van der Waals surface area contributed by atoms with Crippen molar-refractivity contribution >= 4 is 43.9 Å². The predicted octanol–water partition coefficient (Wildman–Crippen LogP) is 0.989. The summed E-state index contributed by atoms with van der Waals surface area (Å²) in [5.74, 6) is -0.747. The van der Waals surface area contributed by atoms with Gasteiger partial charge < -0.3 is 10.7 Å². The molecule has 0 fully saturated rings. The molecule has 0 bridgehead atoms. The van der Waals surface area contributed by atoms with Crippen LogP contribution in [0.3, 0.4) is 0 Å². The number of anilines is 1. The molecule has 2 aromatic rings. The third-order valence-corrected chi connectivity index (χ3v) is 4.87. The number of amides is 1. The van der Waals surface area contributed by atoms with Gasteiger partial charge >= 0.3 is 0 Å². The monoisotopic (exact) mass is 333 g/mol. The summed E-state index contributed by atoms with van der Waals surface area (Å²) in [6.45, 7) is 0. The number of halogens is 1. The van der Waals surface area contributed by atoms with Crippen molar-refractivity contribution in [3.8, 4) is 0 Å². The van der Waals surface area contributed by atoms with Crippen LogP contribution >= 0.6 is 22.9 Å². The van der Waals surface area contributed by atoms with Gasteiger partial charge in [0, 0.05) is 6.20 Å². The van der Waals surface area contributed by atoms with E-state index in [1.807, 2.05) is 0 Å². The number of H-pyrrole nitrogens is 1. The summed E-state index contributed by atoms with van der Waals surface area (Å²) in [7, 11) is -3.98.